The molecule has 0 spiro atoms. The van der Waals surface area contributed by atoms with Crippen LogP contribution in [0.1, 0.15) is 22.1 Å². The molecule has 0 saturated carbocycles. The topological polar surface area (TPSA) is 20.2 Å². The van der Waals surface area contributed by atoms with Crippen LogP contribution in [0, 0.1) is 12.7 Å². The van der Waals surface area contributed by atoms with E-state index >= 15 is 0 Å². The van der Waals surface area contributed by atoms with Gasteiger partial charge in [0.15, 0.2) is 0 Å². The summed E-state index contributed by atoms with van der Waals surface area (Å²) >= 11 is 4.70. The first-order valence-corrected chi connectivity index (χ1v) is 6.44. The molecule has 2 rings (SSSR count). The maximum absolute atomic E-state index is 13.8. The zero-order valence-electron chi connectivity index (χ0n) is 8.58. The number of aryl methyl sites for hydroxylation is 1. The molecule has 0 aliphatic carbocycles. The van der Waals surface area contributed by atoms with Crippen LogP contribution >= 0.6 is 27.3 Å². The molecule has 1 aromatic carbocycles. The van der Waals surface area contributed by atoms with E-state index in [1.54, 1.807) is 12.1 Å². The van der Waals surface area contributed by atoms with Gasteiger partial charge in [-0.3, -0.25) is 0 Å². The van der Waals surface area contributed by atoms with Crippen molar-refractivity contribution in [3.8, 4) is 0 Å². The fourth-order valence-corrected chi connectivity index (χ4v) is 3.05. The normalized spacial score (nSPS) is 12.8. The minimum atomic E-state index is -0.907. The minimum absolute atomic E-state index is 0.299. The summed E-state index contributed by atoms with van der Waals surface area (Å²) in [6.45, 7) is 1.81. The molecule has 4 heteroatoms. The lowest BCUT2D eigenvalue weighted by Gasteiger charge is -2.13. The van der Waals surface area contributed by atoms with Crippen molar-refractivity contribution in [3.63, 3.8) is 0 Å². The van der Waals surface area contributed by atoms with E-state index in [2.05, 4.69) is 15.9 Å². The van der Waals surface area contributed by atoms with Gasteiger partial charge in [-0.05, 0) is 36.1 Å². The van der Waals surface area contributed by atoms with Crippen molar-refractivity contribution in [2.75, 3.05) is 0 Å². The summed E-state index contributed by atoms with van der Waals surface area (Å²) in [5.41, 5.74) is 1.12. The molecule has 84 valence electrons. The first-order valence-electron chi connectivity index (χ1n) is 4.76. The second kappa shape index (κ2) is 4.65. The molecule has 0 saturated heterocycles. The van der Waals surface area contributed by atoms with E-state index in [1.807, 2.05) is 18.4 Å². The zero-order chi connectivity index (χ0) is 11.7. The molecule has 0 bridgehead atoms. The van der Waals surface area contributed by atoms with E-state index in [9.17, 15) is 9.50 Å². The molecular formula is C12H10BrFOS. The van der Waals surface area contributed by atoms with Crippen LogP contribution in [0.15, 0.2) is 34.1 Å². The fraction of sp³-hybridized carbons (Fsp3) is 0.167. The van der Waals surface area contributed by atoms with E-state index in [0.29, 0.717) is 10.0 Å². The Morgan fingerprint density at radius 3 is 2.75 bits per heavy atom. The highest BCUT2D eigenvalue weighted by Gasteiger charge is 2.19. The number of rotatable bonds is 2. The van der Waals surface area contributed by atoms with E-state index in [4.69, 9.17) is 0 Å². The number of hydrogen-bond acceptors (Lipinski definition) is 2. The predicted molar refractivity (Wildman–Crippen MR) is 67.2 cm³/mol. The van der Waals surface area contributed by atoms with Gasteiger partial charge in [-0.2, -0.15) is 0 Å². The Morgan fingerprint density at radius 2 is 2.19 bits per heavy atom. The molecule has 0 amide bonds. The van der Waals surface area contributed by atoms with Crippen LogP contribution in [0.2, 0.25) is 0 Å². The minimum Gasteiger partial charge on any atom is -0.383 e. The summed E-state index contributed by atoms with van der Waals surface area (Å²) in [6.07, 6.45) is -0.907. The Kier molecular flexibility index (Phi) is 3.42. The quantitative estimate of drug-likeness (QED) is 0.887. The summed E-state index contributed by atoms with van der Waals surface area (Å²) in [4.78, 5) is 0.739. The molecular weight excluding hydrogens is 291 g/mol. The first-order chi connectivity index (χ1) is 7.59. The number of halogens is 2. The Bertz CT molecular complexity index is 473. The van der Waals surface area contributed by atoms with Gasteiger partial charge in [0.05, 0.1) is 0 Å². The third kappa shape index (κ3) is 2.19. The SMILES string of the molecule is Cc1cc(F)c(C(O)c2cccs2)c(Br)c1. The highest BCUT2D eigenvalue weighted by atomic mass is 79.9. The lowest BCUT2D eigenvalue weighted by Crippen LogP contribution is -2.02. The average Bonchev–Trinajstić information content (AvgIpc) is 2.67. The standard InChI is InChI=1S/C12H10BrFOS/c1-7-5-8(13)11(9(14)6-7)12(15)10-3-2-4-16-10/h2-6,12,15H,1H3. The lowest BCUT2D eigenvalue weighted by atomic mass is 10.1. The highest BCUT2D eigenvalue weighted by Crippen LogP contribution is 2.33. The average molecular weight is 301 g/mol. The highest BCUT2D eigenvalue weighted by molar-refractivity contribution is 9.10. The van der Waals surface area contributed by atoms with Crippen molar-refractivity contribution in [3.05, 3.63) is 55.9 Å². The Labute approximate surface area is 106 Å². The van der Waals surface area contributed by atoms with Crippen molar-refractivity contribution in [2.24, 2.45) is 0 Å². The fourth-order valence-electron chi connectivity index (χ4n) is 1.56. The summed E-state index contributed by atoms with van der Waals surface area (Å²) in [5.74, 6) is -0.382. The third-order valence-electron chi connectivity index (χ3n) is 2.31. The van der Waals surface area contributed by atoms with Gasteiger partial charge < -0.3 is 5.11 Å². The predicted octanol–water partition coefficient (Wildman–Crippen LogP) is 4.04. The van der Waals surface area contributed by atoms with Crippen LogP contribution in [0.3, 0.4) is 0 Å². The van der Waals surface area contributed by atoms with Crippen molar-refractivity contribution < 1.29 is 9.50 Å². The molecule has 0 aliphatic rings. The van der Waals surface area contributed by atoms with Gasteiger partial charge in [-0.25, -0.2) is 4.39 Å². The number of hydrogen-bond donors (Lipinski definition) is 1. The Hall–Kier alpha value is -0.710. The number of benzene rings is 1. The molecule has 0 aliphatic heterocycles. The van der Waals surface area contributed by atoms with Gasteiger partial charge in [-0.1, -0.05) is 22.0 Å². The zero-order valence-corrected chi connectivity index (χ0v) is 11.0. The van der Waals surface area contributed by atoms with Crippen molar-refractivity contribution in [2.45, 2.75) is 13.0 Å². The molecule has 1 unspecified atom stereocenters. The van der Waals surface area contributed by atoms with Gasteiger partial charge in [0.2, 0.25) is 0 Å². The lowest BCUT2D eigenvalue weighted by molar-refractivity contribution is 0.218. The molecule has 0 radical (unpaired) electrons. The second-order valence-corrected chi connectivity index (χ2v) is 5.39. The van der Waals surface area contributed by atoms with Crippen LogP contribution in [-0.2, 0) is 0 Å². The van der Waals surface area contributed by atoms with Crippen molar-refractivity contribution >= 4 is 27.3 Å². The second-order valence-electron chi connectivity index (χ2n) is 3.56. The van der Waals surface area contributed by atoms with Crippen LogP contribution in [0.5, 0.6) is 0 Å². The van der Waals surface area contributed by atoms with Gasteiger partial charge in [-0.15, -0.1) is 11.3 Å². The monoisotopic (exact) mass is 300 g/mol. The van der Waals surface area contributed by atoms with E-state index in [-0.39, 0.29) is 5.82 Å². The Balaban J connectivity index is 2.48. The maximum atomic E-state index is 13.8. The molecule has 1 atom stereocenters. The summed E-state index contributed by atoms with van der Waals surface area (Å²) in [5, 5.41) is 11.9. The largest absolute Gasteiger partial charge is 0.383 e. The molecule has 1 heterocycles. The van der Waals surface area contributed by atoms with E-state index in [1.165, 1.54) is 17.4 Å². The number of thiophene rings is 1. The number of aliphatic hydroxyl groups excluding tert-OH is 1. The molecule has 16 heavy (non-hydrogen) atoms. The van der Waals surface area contributed by atoms with Gasteiger partial charge in [0, 0.05) is 14.9 Å². The van der Waals surface area contributed by atoms with Crippen LogP contribution in [-0.4, -0.2) is 5.11 Å². The van der Waals surface area contributed by atoms with Crippen LogP contribution in [0.25, 0.3) is 0 Å². The molecule has 1 aromatic heterocycles. The summed E-state index contributed by atoms with van der Waals surface area (Å²) in [7, 11) is 0. The number of aliphatic hydroxyl groups is 1. The smallest absolute Gasteiger partial charge is 0.130 e. The van der Waals surface area contributed by atoms with E-state index < -0.39 is 6.10 Å². The van der Waals surface area contributed by atoms with Crippen LogP contribution in [0.4, 0.5) is 4.39 Å². The molecule has 0 fully saturated rings. The maximum Gasteiger partial charge on any atom is 0.130 e. The summed E-state index contributed by atoms with van der Waals surface area (Å²) in [6, 6.07) is 6.86. The van der Waals surface area contributed by atoms with Crippen molar-refractivity contribution in [1.29, 1.82) is 0 Å². The van der Waals surface area contributed by atoms with Gasteiger partial charge in [0.25, 0.3) is 0 Å². The van der Waals surface area contributed by atoms with E-state index in [0.717, 1.165) is 10.4 Å². The van der Waals surface area contributed by atoms with Gasteiger partial charge >= 0.3 is 0 Å². The van der Waals surface area contributed by atoms with Crippen molar-refractivity contribution in [1.82, 2.24) is 0 Å². The first kappa shape index (κ1) is 11.8. The molecule has 1 N–H and O–H groups in total. The molecule has 2 aromatic rings. The Morgan fingerprint density at radius 1 is 1.44 bits per heavy atom. The molecule has 1 nitrogen and oxygen atoms in total. The summed E-state index contributed by atoms with van der Waals surface area (Å²) < 4.78 is 14.4. The third-order valence-corrected chi connectivity index (χ3v) is 3.89. The van der Waals surface area contributed by atoms with Gasteiger partial charge in [0.1, 0.15) is 11.9 Å². The van der Waals surface area contributed by atoms with Crippen LogP contribution < -0.4 is 0 Å².